The Kier molecular flexibility index (Phi) is 5.17. The number of hydrogen-bond acceptors (Lipinski definition) is 4. The number of fused-ring (bicyclic) bond motifs is 1. The standard InChI is InChI=1S/C23H24F3N5/c24-23(25,26)20-7-4-8-21(29-20)31-13-16-9-10-19(18(16)14-31)27-11-17-12-28-30-22(17)15-5-2-1-3-6-15/h1-8,12,16,18-19,27H,9-11,13-14H2,(H,28,30)/t16-,18+,19+/m1/s1. The number of pyridine rings is 1. The normalized spacial score (nSPS) is 23.3. The Hall–Kier alpha value is -2.87. The monoisotopic (exact) mass is 427 g/mol. The Morgan fingerprint density at radius 2 is 1.87 bits per heavy atom. The second-order valence-electron chi connectivity index (χ2n) is 8.40. The van der Waals surface area contributed by atoms with Crippen LogP contribution in [0.25, 0.3) is 11.3 Å². The highest BCUT2D eigenvalue weighted by Crippen LogP contribution is 2.40. The number of H-pyrrole nitrogens is 1. The van der Waals surface area contributed by atoms with Gasteiger partial charge in [-0.15, -0.1) is 0 Å². The number of rotatable bonds is 5. The third kappa shape index (κ3) is 4.04. The summed E-state index contributed by atoms with van der Waals surface area (Å²) in [5, 5.41) is 11.1. The van der Waals surface area contributed by atoms with E-state index in [9.17, 15) is 13.2 Å². The van der Waals surface area contributed by atoms with E-state index >= 15 is 0 Å². The summed E-state index contributed by atoms with van der Waals surface area (Å²) < 4.78 is 39.1. The molecule has 1 saturated carbocycles. The number of aromatic nitrogens is 3. The Labute approximate surface area is 178 Å². The first-order chi connectivity index (χ1) is 15.0. The van der Waals surface area contributed by atoms with Crippen LogP contribution in [0.5, 0.6) is 0 Å². The molecule has 0 radical (unpaired) electrons. The molecular formula is C23H24F3N5. The van der Waals surface area contributed by atoms with Crippen LogP contribution in [0.1, 0.15) is 24.1 Å². The van der Waals surface area contributed by atoms with E-state index in [1.165, 1.54) is 6.07 Å². The van der Waals surface area contributed by atoms with E-state index < -0.39 is 11.9 Å². The second kappa shape index (κ2) is 8.00. The van der Waals surface area contributed by atoms with Crippen molar-refractivity contribution in [1.29, 1.82) is 0 Å². The molecule has 1 aliphatic heterocycles. The molecule has 2 aliphatic rings. The van der Waals surface area contributed by atoms with Crippen LogP contribution < -0.4 is 10.2 Å². The maximum Gasteiger partial charge on any atom is 0.433 e. The third-order valence-electron chi connectivity index (χ3n) is 6.53. The highest BCUT2D eigenvalue weighted by molar-refractivity contribution is 5.62. The summed E-state index contributed by atoms with van der Waals surface area (Å²) in [6, 6.07) is 14.5. The van der Waals surface area contributed by atoms with Crippen molar-refractivity contribution in [3.8, 4) is 11.3 Å². The van der Waals surface area contributed by atoms with E-state index in [-0.39, 0.29) is 0 Å². The largest absolute Gasteiger partial charge is 0.433 e. The molecule has 0 unspecified atom stereocenters. The van der Waals surface area contributed by atoms with Gasteiger partial charge in [0.25, 0.3) is 0 Å². The summed E-state index contributed by atoms with van der Waals surface area (Å²) in [7, 11) is 0. The maximum atomic E-state index is 13.0. The molecule has 5 rings (SSSR count). The molecule has 0 amide bonds. The van der Waals surface area contributed by atoms with E-state index in [1.807, 2.05) is 41.4 Å². The fraction of sp³-hybridized carbons (Fsp3) is 0.391. The quantitative estimate of drug-likeness (QED) is 0.630. The van der Waals surface area contributed by atoms with Crippen LogP contribution in [-0.4, -0.2) is 34.3 Å². The number of nitrogens with zero attached hydrogens (tertiary/aromatic N) is 3. The first-order valence-corrected chi connectivity index (χ1v) is 10.6. The van der Waals surface area contributed by atoms with Crippen molar-refractivity contribution in [2.24, 2.45) is 11.8 Å². The molecule has 3 aromatic rings. The second-order valence-corrected chi connectivity index (χ2v) is 8.40. The van der Waals surface area contributed by atoms with Crippen LogP contribution in [0.15, 0.2) is 54.7 Å². The molecule has 3 heterocycles. The zero-order valence-electron chi connectivity index (χ0n) is 16.9. The highest BCUT2D eigenvalue weighted by Gasteiger charge is 2.43. The van der Waals surface area contributed by atoms with Crippen LogP contribution in [-0.2, 0) is 12.7 Å². The Morgan fingerprint density at radius 1 is 1.03 bits per heavy atom. The third-order valence-corrected chi connectivity index (χ3v) is 6.53. The van der Waals surface area contributed by atoms with Gasteiger partial charge in [-0.05, 0) is 36.8 Å². The molecule has 2 aromatic heterocycles. The summed E-state index contributed by atoms with van der Waals surface area (Å²) in [5.74, 6) is 1.30. The zero-order valence-corrected chi connectivity index (χ0v) is 16.9. The molecule has 1 aromatic carbocycles. The molecule has 31 heavy (non-hydrogen) atoms. The minimum Gasteiger partial charge on any atom is -0.356 e. The summed E-state index contributed by atoms with van der Waals surface area (Å²) in [4.78, 5) is 5.88. The van der Waals surface area contributed by atoms with Gasteiger partial charge in [-0.1, -0.05) is 36.4 Å². The lowest BCUT2D eigenvalue weighted by Gasteiger charge is -2.23. The summed E-state index contributed by atoms with van der Waals surface area (Å²) in [6.45, 7) is 2.20. The summed E-state index contributed by atoms with van der Waals surface area (Å²) >= 11 is 0. The lowest BCUT2D eigenvalue weighted by atomic mass is 9.97. The smallest absolute Gasteiger partial charge is 0.356 e. The number of anilines is 1. The van der Waals surface area contributed by atoms with Crippen molar-refractivity contribution in [2.45, 2.75) is 31.6 Å². The van der Waals surface area contributed by atoms with Gasteiger partial charge in [0.1, 0.15) is 11.5 Å². The van der Waals surface area contributed by atoms with E-state index in [2.05, 4.69) is 20.5 Å². The number of nitrogens with one attached hydrogen (secondary N) is 2. The van der Waals surface area contributed by atoms with Crippen molar-refractivity contribution in [1.82, 2.24) is 20.5 Å². The predicted octanol–water partition coefficient (Wildman–Crippen LogP) is 4.50. The predicted molar refractivity (Wildman–Crippen MR) is 112 cm³/mol. The van der Waals surface area contributed by atoms with E-state index in [0.29, 0.717) is 30.2 Å². The van der Waals surface area contributed by atoms with Crippen molar-refractivity contribution >= 4 is 5.82 Å². The van der Waals surface area contributed by atoms with Gasteiger partial charge in [-0.2, -0.15) is 18.3 Å². The van der Waals surface area contributed by atoms with Crippen LogP contribution in [0.2, 0.25) is 0 Å². The fourth-order valence-electron chi connectivity index (χ4n) is 5.00. The molecule has 0 bridgehead atoms. The molecule has 2 N–H and O–H groups in total. The van der Waals surface area contributed by atoms with E-state index in [0.717, 1.165) is 48.8 Å². The average molecular weight is 427 g/mol. The SMILES string of the molecule is FC(F)(F)c1cccc(N2C[C@H]3CC[C@H](NCc4c[nH]nc4-c4ccccc4)[C@H]3C2)n1. The molecule has 2 fully saturated rings. The molecule has 1 aliphatic carbocycles. The van der Waals surface area contributed by atoms with Crippen molar-refractivity contribution in [3.05, 3.63) is 66.0 Å². The van der Waals surface area contributed by atoms with E-state index in [1.54, 1.807) is 6.07 Å². The molecule has 162 valence electrons. The average Bonchev–Trinajstić information content (AvgIpc) is 3.48. The van der Waals surface area contributed by atoms with Gasteiger partial charge < -0.3 is 10.2 Å². The zero-order chi connectivity index (χ0) is 21.4. The number of aromatic amines is 1. The van der Waals surface area contributed by atoms with Crippen molar-refractivity contribution in [3.63, 3.8) is 0 Å². The van der Waals surface area contributed by atoms with Gasteiger partial charge in [-0.25, -0.2) is 4.98 Å². The van der Waals surface area contributed by atoms with Crippen molar-refractivity contribution in [2.75, 3.05) is 18.0 Å². The van der Waals surface area contributed by atoms with Gasteiger partial charge in [0.05, 0.1) is 5.69 Å². The van der Waals surface area contributed by atoms with Crippen LogP contribution in [0.4, 0.5) is 19.0 Å². The Morgan fingerprint density at radius 3 is 2.68 bits per heavy atom. The molecule has 1 saturated heterocycles. The van der Waals surface area contributed by atoms with Gasteiger partial charge >= 0.3 is 6.18 Å². The lowest BCUT2D eigenvalue weighted by Crippen LogP contribution is -2.35. The van der Waals surface area contributed by atoms with Crippen LogP contribution in [0, 0.1) is 11.8 Å². The number of halogens is 3. The first kappa shape index (κ1) is 20.1. The van der Waals surface area contributed by atoms with Gasteiger partial charge in [0.2, 0.25) is 0 Å². The van der Waals surface area contributed by atoms with Crippen LogP contribution in [0.3, 0.4) is 0 Å². The van der Waals surface area contributed by atoms with Gasteiger partial charge in [-0.3, -0.25) is 5.10 Å². The topological polar surface area (TPSA) is 56.8 Å². The number of hydrogen-bond donors (Lipinski definition) is 2. The number of benzene rings is 1. The lowest BCUT2D eigenvalue weighted by molar-refractivity contribution is -0.141. The Bertz CT molecular complexity index is 1030. The van der Waals surface area contributed by atoms with Crippen molar-refractivity contribution < 1.29 is 13.2 Å². The summed E-state index contributed by atoms with van der Waals surface area (Å²) in [6.07, 6.45) is -0.335. The minimum absolute atomic E-state index is 0.333. The first-order valence-electron chi connectivity index (χ1n) is 10.6. The fourth-order valence-corrected chi connectivity index (χ4v) is 5.00. The molecule has 0 spiro atoms. The Balaban J connectivity index is 1.25. The molecule has 3 atom stereocenters. The molecular weight excluding hydrogens is 403 g/mol. The van der Waals surface area contributed by atoms with Gasteiger partial charge in [0.15, 0.2) is 0 Å². The van der Waals surface area contributed by atoms with E-state index in [4.69, 9.17) is 0 Å². The maximum absolute atomic E-state index is 13.0. The van der Waals surface area contributed by atoms with Crippen LogP contribution >= 0.6 is 0 Å². The molecule has 5 nitrogen and oxygen atoms in total. The highest BCUT2D eigenvalue weighted by atomic mass is 19.4. The minimum atomic E-state index is -4.42. The van der Waals surface area contributed by atoms with Gasteiger partial charge in [0, 0.05) is 43.0 Å². The summed E-state index contributed by atoms with van der Waals surface area (Å²) in [5.41, 5.74) is 2.31. The molecule has 8 heteroatoms. The number of alkyl halides is 3.